The highest BCUT2D eigenvalue weighted by Crippen LogP contribution is 2.20. The Bertz CT molecular complexity index is 884. The Hall–Kier alpha value is -2.73. The van der Waals surface area contributed by atoms with Gasteiger partial charge in [-0.1, -0.05) is 52.5 Å². The molecule has 6 heteroatoms. The zero-order valence-electron chi connectivity index (χ0n) is 20.4. The standard InChI is InChI=1S/C24H33FN4O.C2H6/c1-6-8-13-29-20(16-27-22(29)17(3)7-2)14-21(26)23(30)28-24(4,5)15-18-9-11-19(25)12-10-18;1-2/h6,8-13,16-17,21H,1,7,14-15,26H2,2-5H3,(H,28,30);1-2H3/b13-8-;/t17?,21-;/m1./s1. The summed E-state index contributed by atoms with van der Waals surface area (Å²) in [5.74, 6) is 0.719. The Morgan fingerprint density at radius 3 is 2.50 bits per heavy atom. The topological polar surface area (TPSA) is 72.9 Å². The SMILES string of the molecule is C=C/C=C\n1c(C[C@@H](N)C(=O)NC(C)(C)Cc2ccc(F)cc2)cnc1C(C)CC.CC. The van der Waals surface area contributed by atoms with E-state index in [9.17, 15) is 9.18 Å². The smallest absolute Gasteiger partial charge is 0.237 e. The lowest BCUT2D eigenvalue weighted by Gasteiger charge is -2.28. The van der Waals surface area contributed by atoms with Crippen molar-refractivity contribution in [3.63, 3.8) is 0 Å². The van der Waals surface area contributed by atoms with Crippen LogP contribution in [0.1, 0.15) is 71.0 Å². The van der Waals surface area contributed by atoms with Gasteiger partial charge < -0.3 is 15.6 Å². The molecule has 2 aromatic rings. The Balaban J connectivity index is 0.00000249. The van der Waals surface area contributed by atoms with E-state index >= 15 is 0 Å². The van der Waals surface area contributed by atoms with Gasteiger partial charge in [0.25, 0.3) is 0 Å². The number of hydrogen-bond donors (Lipinski definition) is 2. The lowest BCUT2D eigenvalue weighted by molar-refractivity contribution is -0.123. The molecule has 0 saturated carbocycles. The average molecular weight is 443 g/mol. The van der Waals surface area contributed by atoms with E-state index in [0.717, 1.165) is 23.5 Å². The van der Waals surface area contributed by atoms with Gasteiger partial charge in [-0.05, 0) is 50.5 Å². The predicted molar refractivity (Wildman–Crippen MR) is 132 cm³/mol. The quantitative estimate of drug-likeness (QED) is 0.495. The molecule has 1 unspecified atom stereocenters. The van der Waals surface area contributed by atoms with Crippen molar-refractivity contribution in [1.29, 1.82) is 0 Å². The number of amides is 1. The van der Waals surface area contributed by atoms with Gasteiger partial charge in [-0.3, -0.25) is 4.79 Å². The third kappa shape index (κ3) is 8.08. The normalized spacial score (nSPS) is 13.2. The lowest BCUT2D eigenvalue weighted by Crippen LogP contribution is -2.52. The molecule has 2 rings (SSSR count). The molecule has 1 heterocycles. The number of carbonyl (C=O) groups is 1. The zero-order valence-corrected chi connectivity index (χ0v) is 20.4. The van der Waals surface area contributed by atoms with Gasteiger partial charge in [0.05, 0.1) is 6.04 Å². The second-order valence-corrected chi connectivity index (χ2v) is 8.35. The first-order chi connectivity index (χ1) is 15.2. The average Bonchev–Trinajstić information content (AvgIpc) is 3.16. The molecule has 2 atom stereocenters. The number of nitrogens with two attached hydrogens (primary N) is 1. The molecule has 176 valence electrons. The van der Waals surface area contributed by atoms with Crippen LogP contribution in [0, 0.1) is 5.82 Å². The number of hydrogen-bond acceptors (Lipinski definition) is 3. The molecule has 1 aromatic heterocycles. The molecular formula is C26H39FN4O. The summed E-state index contributed by atoms with van der Waals surface area (Å²) < 4.78 is 15.1. The fourth-order valence-corrected chi connectivity index (χ4v) is 3.33. The molecule has 32 heavy (non-hydrogen) atoms. The number of nitrogens with zero attached hydrogens (tertiary/aromatic N) is 2. The highest BCUT2D eigenvalue weighted by Gasteiger charge is 2.25. The van der Waals surface area contributed by atoms with Crippen LogP contribution in [0.5, 0.6) is 0 Å². The number of rotatable bonds is 10. The van der Waals surface area contributed by atoms with Crippen molar-refractivity contribution in [3.05, 3.63) is 72.1 Å². The molecular weight excluding hydrogens is 403 g/mol. The van der Waals surface area contributed by atoms with Gasteiger partial charge in [-0.2, -0.15) is 0 Å². The minimum atomic E-state index is -0.713. The molecule has 5 nitrogen and oxygen atoms in total. The van der Waals surface area contributed by atoms with Crippen molar-refractivity contribution in [3.8, 4) is 0 Å². The maximum Gasteiger partial charge on any atom is 0.237 e. The van der Waals surface area contributed by atoms with Crippen LogP contribution in [0.3, 0.4) is 0 Å². The van der Waals surface area contributed by atoms with Gasteiger partial charge in [-0.15, -0.1) is 0 Å². The summed E-state index contributed by atoms with van der Waals surface area (Å²) in [5.41, 5.74) is 7.54. The van der Waals surface area contributed by atoms with E-state index in [1.54, 1.807) is 24.4 Å². The number of benzene rings is 1. The molecule has 0 radical (unpaired) electrons. The summed E-state index contributed by atoms with van der Waals surface area (Å²) in [5, 5.41) is 3.02. The monoisotopic (exact) mass is 442 g/mol. The maximum absolute atomic E-state index is 13.1. The summed E-state index contributed by atoms with van der Waals surface area (Å²) in [6.07, 6.45) is 9.13. The van der Waals surface area contributed by atoms with E-state index in [1.807, 2.05) is 44.5 Å². The van der Waals surface area contributed by atoms with Gasteiger partial charge in [0, 0.05) is 36.0 Å². The molecule has 1 amide bonds. The van der Waals surface area contributed by atoms with E-state index in [1.165, 1.54) is 12.1 Å². The first-order valence-corrected chi connectivity index (χ1v) is 11.3. The largest absolute Gasteiger partial charge is 0.350 e. The van der Waals surface area contributed by atoms with Crippen LogP contribution >= 0.6 is 0 Å². The van der Waals surface area contributed by atoms with Crippen LogP contribution in [-0.4, -0.2) is 27.0 Å². The van der Waals surface area contributed by atoms with Gasteiger partial charge in [0.1, 0.15) is 11.6 Å². The summed E-state index contributed by atoms with van der Waals surface area (Å²) in [6, 6.07) is 5.58. The molecule has 0 saturated heterocycles. The highest BCUT2D eigenvalue weighted by molar-refractivity contribution is 5.82. The molecule has 0 aliphatic carbocycles. The molecule has 0 spiro atoms. The fraction of sp³-hybridized carbons (Fsp3) is 0.462. The first-order valence-electron chi connectivity index (χ1n) is 11.3. The van der Waals surface area contributed by atoms with E-state index in [-0.39, 0.29) is 17.6 Å². The Morgan fingerprint density at radius 2 is 1.94 bits per heavy atom. The second kappa shape index (κ2) is 13.0. The van der Waals surface area contributed by atoms with Crippen LogP contribution in [0.15, 0.2) is 49.2 Å². The van der Waals surface area contributed by atoms with Crippen molar-refractivity contribution in [2.45, 2.75) is 78.3 Å². The number of aromatic nitrogens is 2. The van der Waals surface area contributed by atoms with E-state index in [2.05, 4.69) is 30.7 Å². The zero-order chi connectivity index (χ0) is 24.3. The summed E-state index contributed by atoms with van der Waals surface area (Å²) in [6.45, 7) is 15.8. The van der Waals surface area contributed by atoms with Crippen molar-refractivity contribution in [2.75, 3.05) is 0 Å². The summed E-state index contributed by atoms with van der Waals surface area (Å²) in [7, 11) is 0. The number of halogens is 1. The van der Waals surface area contributed by atoms with Gasteiger partial charge in [-0.25, -0.2) is 9.37 Å². The minimum Gasteiger partial charge on any atom is -0.350 e. The number of nitrogens with one attached hydrogen (secondary N) is 1. The molecule has 0 fully saturated rings. The van der Waals surface area contributed by atoms with Crippen LogP contribution in [-0.2, 0) is 17.6 Å². The Kier molecular flexibility index (Phi) is 11.1. The van der Waals surface area contributed by atoms with Gasteiger partial charge in [0.15, 0.2) is 0 Å². The van der Waals surface area contributed by atoms with Crippen molar-refractivity contribution in [2.24, 2.45) is 5.73 Å². The van der Waals surface area contributed by atoms with E-state index < -0.39 is 11.6 Å². The number of imidazole rings is 1. The second-order valence-electron chi connectivity index (χ2n) is 8.35. The van der Waals surface area contributed by atoms with Crippen LogP contribution in [0.25, 0.3) is 6.20 Å². The van der Waals surface area contributed by atoms with Gasteiger partial charge >= 0.3 is 0 Å². The number of allylic oxidation sites excluding steroid dienone is 2. The summed E-state index contributed by atoms with van der Waals surface area (Å²) in [4.78, 5) is 17.3. The molecule has 0 aliphatic rings. The minimum absolute atomic E-state index is 0.229. The van der Waals surface area contributed by atoms with Crippen LogP contribution in [0.4, 0.5) is 4.39 Å². The molecule has 3 N–H and O–H groups in total. The predicted octanol–water partition coefficient (Wildman–Crippen LogP) is 5.23. The molecule has 0 aliphatic heterocycles. The Morgan fingerprint density at radius 1 is 1.31 bits per heavy atom. The number of carbonyl (C=O) groups excluding carboxylic acids is 1. The lowest BCUT2D eigenvalue weighted by atomic mass is 9.94. The first kappa shape index (κ1) is 27.3. The van der Waals surface area contributed by atoms with Crippen molar-refractivity contribution >= 4 is 12.1 Å². The molecule has 0 bridgehead atoms. The van der Waals surface area contributed by atoms with Crippen molar-refractivity contribution in [1.82, 2.24) is 14.9 Å². The third-order valence-electron chi connectivity index (χ3n) is 5.11. The molecule has 1 aromatic carbocycles. The van der Waals surface area contributed by atoms with E-state index in [4.69, 9.17) is 5.73 Å². The van der Waals surface area contributed by atoms with E-state index in [0.29, 0.717) is 12.8 Å². The Labute approximate surface area is 192 Å². The van der Waals surface area contributed by atoms with Crippen LogP contribution < -0.4 is 11.1 Å². The van der Waals surface area contributed by atoms with Crippen molar-refractivity contribution < 1.29 is 9.18 Å². The highest BCUT2D eigenvalue weighted by atomic mass is 19.1. The fourth-order valence-electron chi connectivity index (χ4n) is 3.33. The van der Waals surface area contributed by atoms with Gasteiger partial charge in [0.2, 0.25) is 5.91 Å². The third-order valence-corrected chi connectivity index (χ3v) is 5.11. The maximum atomic E-state index is 13.1. The summed E-state index contributed by atoms with van der Waals surface area (Å²) >= 11 is 0. The van der Waals surface area contributed by atoms with Crippen LogP contribution in [0.2, 0.25) is 0 Å².